The first-order chi connectivity index (χ1) is 17.2. The maximum absolute atomic E-state index is 13.6. The van der Waals surface area contributed by atoms with Gasteiger partial charge in [-0.25, -0.2) is 4.39 Å². The van der Waals surface area contributed by atoms with E-state index in [1.807, 2.05) is 11.9 Å². The SMILES string of the molecule is C[C@@H](O[C@H]1CC[C@@H](N(C)CCCC(=O)O)[C@@H]1c1ccc(F)cc1)c1cc(C(F)(F)F)cc(C(F)(F)F)c1. The van der Waals surface area contributed by atoms with Crippen LogP contribution in [0.5, 0.6) is 0 Å². The van der Waals surface area contributed by atoms with Crippen LogP contribution in [-0.4, -0.2) is 41.7 Å². The highest BCUT2D eigenvalue weighted by atomic mass is 19.4. The molecule has 0 unspecified atom stereocenters. The molecule has 1 N–H and O–H groups in total. The van der Waals surface area contributed by atoms with Gasteiger partial charge in [0.1, 0.15) is 5.82 Å². The Balaban J connectivity index is 1.89. The van der Waals surface area contributed by atoms with E-state index in [4.69, 9.17) is 9.84 Å². The lowest BCUT2D eigenvalue weighted by Crippen LogP contribution is -2.37. The molecular formula is C26H28F7NO3. The molecule has 204 valence electrons. The predicted octanol–water partition coefficient (Wildman–Crippen LogP) is 7.05. The Bertz CT molecular complexity index is 1040. The monoisotopic (exact) mass is 535 g/mol. The number of hydrogen-bond acceptors (Lipinski definition) is 3. The molecule has 0 bridgehead atoms. The van der Waals surface area contributed by atoms with Crippen LogP contribution in [0.15, 0.2) is 42.5 Å². The topological polar surface area (TPSA) is 49.8 Å². The number of halogens is 7. The van der Waals surface area contributed by atoms with E-state index in [-0.39, 0.29) is 30.0 Å². The van der Waals surface area contributed by atoms with Crippen molar-refractivity contribution in [2.24, 2.45) is 0 Å². The van der Waals surface area contributed by atoms with Crippen molar-refractivity contribution in [2.75, 3.05) is 13.6 Å². The van der Waals surface area contributed by atoms with Gasteiger partial charge in [0.2, 0.25) is 0 Å². The third-order valence-electron chi connectivity index (χ3n) is 6.74. The molecule has 0 heterocycles. The summed E-state index contributed by atoms with van der Waals surface area (Å²) in [6.07, 6.45) is -10.2. The molecule has 0 spiro atoms. The standard InChI is InChI=1S/C26H28F7NO3/c1-15(17-12-18(25(28,29)30)14-19(13-17)26(31,32)33)37-22-10-9-21(34(2)11-3-4-23(35)36)24(22)16-5-7-20(27)8-6-16/h5-8,12-15,21-22,24H,3-4,9-11H2,1-2H3,(H,35,36)/t15-,21-,22+,24+/m1/s1. The Morgan fingerprint density at radius 1 is 1.03 bits per heavy atom. The third-order valence-corrected chi connectivity index (χ3v) is 6.74. The lowest BCUT2D eigenvalue weighted by molar-refractivity contribution is -0.143. The molecule has 1 saturated carbocycles. The molecular weight excluding hydrogens is 507 g/mol. The minimum absolute atomic E-state index is 0.0215. The normalized spacial score (nSPS) is 21.4. The van der Waals surface area contributed by atoms with E-state index in [2.05, 4.69) is 0 Å². The number of ether oxygens (including phenoxy) is 1. The second-order valence-corrected chi connectivity index (χ2v) is 9.36. The lowest BCUT2D eigenvalue weighted by Gasteiger charge is -2.33. The Labute approximate surface area is 210 Å². The van der Waals surface area contributed by atoms with Gasteiger partial charge in [0.15, 0.2) is 0 Å². The van der Waals surface area contributed by atoms with Crippen molar-refractivity contribution in [2.45, 2.75) is 69.1 Å². The van der Waals surface area contributed by atoms with Crippen LogP contribution in [0.2, 0.25) is 0 Å². The maximum Gasteiger partial charge on any atom is 0.416 e. The summed E-state index contributed by atoms with van der Waals surface area (Å²) in [6.45, 7) is 1.86. The van der Waals surface area contributed by atoms with Crippen LogP contribution < -0.4 is 0 Å². The molecule has 2 aromatic carbocycles. The Hall–Kier alpha value is -2.66. The molecule has 0 aliphatic heterocycles. The number of carboxylic acids is 1. The van der Waals surface area contributed by atoms with Crippen LogP contribution in [-0.2, 0) is 21.9 Å². The van der Waals surface area contributed by atoms with Crippen LogP contribution in [0.4, 0.5) is 30.7 Å². The van der Waals surface area contributed by atoms with E-state index in [9.17, 15) is 35.5 Å². The van der Waals surface area contributed by atoms with Crippen LogP contribution in [0.25, 0.3) is 0 Å². The summed E-state index contributed by atoms with van der Waals surface area (Å²) >= 11 is 0. The average molecular weight is 536 g/mol. The number of carbonyl (C=O) groups is 1. The number of hydrogen-bond donors (Lipinski definition) is 1. The number of aliphatic carboxylic acids is 1. The van der Waals surface area contributed by atoms with E-state index in [0.717, 1.165) is 0 Å². The van der Waals surface area contributed by atoms with Crippen molar-refractivity contribution in [3.63, 3.8) is 0 Å². The number of benzene rings is 2. The first kappa shape index (κ1) is 28.9. The second kappa shape index (κ2) is 11.4. The molecule has 1 fully saturated rings. The fourth-order valence-corrected chi connectivity index (χ4v) is 4.91. The lowest BCUT2D eigenvalue weighted by atomic mass is 9.91. The minimum Gasteiger partial charge on any atom is -0.481 e. The molecule has 37 heavy (non-hydrogen) atoms. The minimum atomic E-state index is -4.97. The quantitative estimate of drug-likeness (QED) is 0.350. The highest BCUT2D eigenvalue weighted by Gasteiger charge is 2.42. The second-order valence-electron chi connectivity index (χ2n) is 9.36. The van der Waals surface area contributed by atoms with Gasteiger partial charge in [0.25, 0.3) is 0 Å². The summed E-state index contributed by atoms with van der Waals surface area (Å²) in [7, 11) is 1.82. The van der Waals surface area contributed by atoms with Gasteiger partial charge in [-0.15, -0.1) is 0 Å². The van der Waals surface area contributed by atoms with Crippen molar-refractivity contribution in [3.05, 3.63) is 70.5 Å². The van der Waals surface area contributed by atoms with Gasteiger partial charge >= 0.3 is 18.3 Å². The Kier molecular flexibility index (Phi) is 8.89. The number of rotatable bonds is 9. The molecule has 3 rings (SSSR count). The molecule has 4 nitrogen and oxygen atoms in total. The highest BCUT2D eigenvalue weighted by Crippen LogP contribution is 2.43. The van der Waals surface area contributed by atoms with Crippen molar-refractivity contribution < 1.29 is 45.4 Å². The van der Waals surface area contributed by atoms with Crippen molar-refractivity contribution in [3.8, 4) is 0 Å². The van der Waals surface area contributed by atoms with E-state index in [1.165, 1.54) is 19.1 Å². The number of likely N-dealkylation sites (N-methyl/N-ethyl adjacent to an activating group) is 1. The molecule has 4 atom stereocenters. The first-order valence-electron chi connectivity index (χ1n) is 11.8. The van der Waals surface area contributed by atoms with Crippen molar-refractivity contribution in [1.82, 2.24) is 4.90 Å². The summed E-state index contributed by atoms with van der Waals surface area (Å²) in [4.78, 5) is 12.9. The summed E-state index contributed by atoms with van der Waals surface area (Å²) in [5.41, 5.74) is -2.36. The third kappa shape index (κ3) is 7.44. The van der Waals surface area contributed by atoms with E-state index in [1.54, 1.807) is 12.1 Å². The molecule has 0 amide bonds. The summed E-state index contributed by atoms with van der Waals surface area (Å²) in [5, 5.41) is 8.92. The molecule has 1 aliphatic carbocycles. The van der Waals surface area contributed by atoms with Crippen molar-refractivity contribution >= 4 is 5.97 Å². The van der Waals surface area contributed by atoms with Gasteiger partial charge in [0, 0.05) is 18.4 Å². The molecule has 11 heteroatoms. The zero-order valence-corrected chi connectivity index (χ0v) is 20.2. The van der Waals surface area contributed by atoms with Crippen LogP contribution in [0, 0.1) is 5.82 Å². The van der Waals surface area contributed by atoms with Gasteiger partial charge in [0.05, 0.1) is 23.3 Å². The molecule has 2 aromatic rings. The van der Waals surface area contributed by atoms with Gasteiger partial charge in [-0.3, -0.25) is 4.79 Å². The summed E-state index contributed by atoms with van der Waals surface area (Å²) in [6, 6.07) is 6.97. The van der Waals surface area contributed by atoms with E-state index < -0.39 is 47.5 Å². The fraction of sp³-hybridized carbons (Fsp3) is 0.500. The Morgan fingerprint density at radius 2 is 1.59 bits per heavy atom. The zero-order chi connectivity index (χ0) is 27.5. The predicted molar refractivity (Wildman–Crippen MR) is 121 cm³/mol. The molecule has 0 saturated heterocycles. The molecule has 0 radical (unpaired) electrons. The summed E-state index contributed by atoms with van der Waals surface area (Å²) < 4.78 is 99.7. The maximum atomic E-state index is 13.6. The number of alkyl halides is 6. The molecule has 0 aromatic heterocycles. The van der Waals surface area contributed by atoms with Gasteiger partial charge < -0.3 is 14.7 Å². The average Bonchev–Trinajstić information content (AvgIpc) is 3.21. The van der Waals surface area contributed by atoms with Crippen LogP contribution >= 0.6 is 0 Å². The van der Waals surface area contributed by atoms with Crippen LogP contribution in [0.1, 0.15) is 66.9 Å². The summed E-state index contributed by atoms with van der Waals surface area (Å²) in [5.74, 6) is -1.74. The van der Waals surface area contributed by atoms with Gasteiger partial charge in [-0.1, -0.05) is 12.1 Å². The Morgan fingerprint density at radius 3 is 2.11 bits per heavy atom. The van der Waals surface area contributed by atoms with Gasteiger partial charge in [-0.05, 0) is 81.2 Å². The largest absolute Gasteiger partial charge is 0.481 e. The van der Waals surface area contributed by atoms with Crippen molar-refractivity contribution in [1.29, 1.82) is 0 Å². The van der Waals surface area contributed by atoms with E-state index in [0.29, 0.717) is 43.5 Å². The fourth-order valence-electron chi connectivity index (χ4n) is 4.91. The highest BCUT2D eigenvalue weighted by molar-refractivity contribution is 5.66. The zero-order valence-electron chi connectivity index (χ0n) is 20.2. The first-order valence-corrected chi connectivity index (χ1v) is 11.8. The number of nitrogens with zero attached hydrogens (tertiary/aromatic N) is 1. The van der Waals surface area contributed by atoms with Crippen LogP contribution in [0.3, 0.4) is 0 Å². The molecule has 1 aliphatic rings. The van der Waals surface area contributed by atoms with E-state index >= 15 is 0 Å². The number of carboxylic acid groups (broad SMARTS) is 1. The van der Waals surface area contributed by atoms with Gasteiger partial charge in [-0.2, -0.15) is 26.3 Å². The smallest absolute Gasteiger partial charge is 0.416 e.